The monoisotopic (exact) mass is 328 g/mol. The van der Waals surface area contributed by atoms with Gasteiger partial charge in [0.1, 0.15) is 22.5 Å². The molecule has 0 spiro atoms. The Morgan fingerprint density at radius 2 is 1.50 bits per heavy atom. The number of aliphatic hydroxyl groups excluding tert-OH is 2. The van der Waals surface area contributed by atoms with Crippen LogP contribution in [0.25, 0.3) is 16.7 Å². The van der Waals surface area contributed by atoms with Crippen molar-refractivity contribution < 1.29 is 15.3 Å². The fourth-order valence-corrected chi connectivity index (χ4v) is 2.63. The molecule has 7 nitrogen and oxygen atoms in total. The van der Waals surface area contributed by atoms with Crippen LogP contribution in [-0.2, 0) is 6.54 Å². The van der Waals surface area contributed by atoms with Crippen LogP contribution in [0.3, 0.4) is 0 Å². The highest BCUT2D eigenvalue weighted by molar-refractivity contribution is 5.73. The maximum Gasteiger partial charge on any atom is 0.147 e. The summed E-state index contributed by atoms with van der Waals surface area (Å²) in [6, 6.07) is 12.9. The van der Waals surface area contributed by atoms with E-state index >= 15 is 0 Å². The molecule has 0 bridgehead atoms. The quantitative estimate of drug-likeness (QED) is 0.597. The standard InChI is InChI=1S/C17H20N4O3/c22-10-8-20(9-11-23)12-13-4-3-7-16(17(13)24)21-18-14-5-1-2-6-15(14)19-21/h1-7,22-24H,8-12H2. The minimum atomic E-state index is -0.00739. The first-order valence-electron chi connectivity index (χ1n) is 7.80. The second-order valence-electron chi connectivity index (χ2n) is 5.49. The van der Waals surface area contributed by atoms with E-state index in [1.54, 1.807) is 6.07 Å². The fourth-order valence-electron chi connectivity index (χ4n) is 2.63. The van der Waals surface area contributed by atoms with Gasteiger partial charge < -0.3 is 15.3 Å². The van der Waals surface area contributed by atoms with Gasteiger partial charge in [-0.3, -0.25) is 4.90 Å². The van der Waals surface area contributed by atoms with Crippen molar-refractivity contribution in [2.24, 2.45) is 0 Å². The molecule has 1 aromatic heterocycles. The smallest absolute Gasteiger partial charge is 0.147 e. The van der Waals surface area contributed by atoms with Crippen molar-refractivity contribution in [3.05, 3.63) is 48.0 Å². The lowest BCUT2D eigenvalue weighted by Gasteiger charge is -2.21. The largest absolute Gasteiger partial charge is 0.505 e. The van der Waals surface area contributed by atoms with E-state index in [1.165, 1.54) is 4.80 Å². The number of phenols is 1. The van der Waals surface area contributed by atoms with E-state index in [4.69, 9.17) is 10.2 Å². The first-order valence-corrected chi connectivity index (χ1v) is 7.80. The maximum absolute atomic E-state index is 10.6. The van der Waals surface area contributed by atoms with Crippen LogP contribution >= 0.6 is 0 Å². The summed E-state index contributed by atoms with van der Waals surface area (Å²) >= 11 is 0. The number of aromatic nitrogens is 3. The van der Waals surface area contributed by atoms with Crippen molar-refractivity contribution in [1.29, 1.82) is 0 Å². The first kappa shape index (κ1) is 16.4. The average molecular weight is 328 g/mol. The van der Waals surface area contributed by atoms with Gasteiger partial charge >= 0.3 is 0 Å². The number of fused-ring (bicyclic) bond motifs is 1. The lowest BCUT2D eigenvalue weighted by Crippen LogP contribution is -2.29. The highest BCUT2D eigenvalue weighted by Crippen LogP contribution is 2.27. The van der Waals surface area contributed by atoms with Crippen molar-refractivity contribution in [2.75, 3.05) is 26.3 Å². The molecule has 0 saturated carbocycles. The second-order valence-corrected chi connectivity index (χ2v) is 5.49. The minimum absolute atomic E-state index is 0.00739. The molecule has 1 heterocycles. The molecule has 3 rings (SSSR count). The Morgan fingerprint density at radius 3 is 2.08 bits per heavy atom. The number of rotatable bonds is 7. The Morgan fingerprint density at radius 1 is 0.875 bits per heavy atom. The van der Waals surface area contributed by atoms with Crippen LogP contribution in [-0.4, -0.2) is 61.5 Å². The van der Waals surface area contributed by atoms with Crippen LogP contribution in [0.2, 0.25) is 0 Å². The fraction of sp³-hybridized carbons (Fsp3) is 0.294. The molecule has 0 atom stereocenters. The zero-order chi connectivity index (χ0) is 16.9. The zero-order valence-electron chi connectivity index (χ0n) is 13.2. The molecular formula is C17H20N4O3. The summed E-state index contributed by atoms with van der Waals surface area (Å²) in [5.41, 5.74) is 2.70. The van der Waals surface area contributed by atoms with Crippen molar-refractivity contribution in [3.63, 3.8) is 0 Å². The molecule has 0 aliphatic heterocycles. The molecule has 7 heteroatoms. The number of benzene rings is 2. The number of nitrogens with zero attached hydrogens (tertiary/aromatic N) is 4. The van der Waals surface area contributed by atoms with Gasteiger partial charge in [-0.1, -0.05) is 24.3 Å². The normalized spacial score (nSPS) is 11.5. The lowest BCUT2D eigenvalue weighted by molar-refractivity contribution is 0.155. The summed E-state index contributed by atoms with van der Waals surface area (Å²) in [6.45, 7) is 1.25. The second kappa shape index (κ2) is 7.39. The predicted molar refractivity (Wildman–Crippen MR) is 90.0 cm³/mol. The summed E-state index contributed by atoms with van der Waals surface area (Å²) in [6.07, 6.45) is 0. The van der Waals surface area contributed by atoms with E-state index in [0.29, 0.717) is 30.9 Å². The third kappa shape index (κ3) is 3.38. The average Bonchev–Trinajstić information content (AvgIpc) is 3.01. The third-order valence-corrected chi connectivity index (χ3v) is 3.83. The van der Waals surface area contributed by atoms with Gasteiger partial charge in [0.05, 0.1) is 13.2 Å². The van der Waals surface area contributed by atoms with Crippen LogP contribution < -0.4 is 0 Å². The van der Waals surface area contributed by atoms with E-state index in [2.05, 4.69) is 10.2 Å². The van der Waals surface area contributed by atoms with Gasteiger partial charge in [-0.2, -0.15) is 0 Å². The van der Waals surface area contributed by atoms with Crippen LogP contribution in [0.1, 0.15) is 5.56 Å². The third-order valence-electron chi connectivity index (χ3n) is 3.83. The molecule has 0 amide bonds. The Kier molecular flexibility index (Phi) is 5.05. The topological polar surface area (TPSA) is 94.6 Å². The van der Waals surface area contributed by atoms with Gasteiger partial charge in [0.15, 0.2) is 0 Å². The molecule has 0 aliphatic rings. The van der Waals surface area contributed by atoms with Crippen molar-refractivity contribution in [3.8, 4) is 11.4 Å². The zero-order valence-corrected chi connectivity index (χ0v) is 13.2. The van der Waals surface area contributed by atoms with E-state index in [1.807, 2.05) is 41.3 Å². The molecule has 126 valence electrons. The van der Waals surface area contributed by atoms with Crippen molar-refractivity contribution >= 4 is 11.0 Å². The van der Waals surface area contributed by atoms with Crippen molar-refractivity contribution in [1.82, 2.24) is 19.9 Å². The van der Waals surface area contributed by atoms with Gasteiger partial charge in [-0.15, -0.1) is 15.0 Å². The first-order chi connectivity index (χ1) is 11.7. The molecule has 0 saturated heterocycles. The Labute approximate surface area is 139 Å². The molecule has 2 aromatic carbocycles. The summed E-state index contributed by atoms with van der Waals surface area (Å²) in [4.78, 5) is 3.29. The van der Waals surface area contributed by atoms with Gasteiger partial charge in [0, 0.05) is 25.2 Å². The van der Waals surface area contributed by atoms with Gasteiger partial charge in [0.2, 0.25) is 0 Å². The number of aromatic hydroxyl groups is 1. The Bertz CT molecular complexity index is 779. The number of aliphatic hydroxyl groups is 2. The summed E-state index contributed by atoms with van der Waals surface area (Å²) in [5, 5.41) is 37.6. The summed E-state index contributed by atoms with van der Waals surface area (Å²) in [5.74, 6) is 0.0960. The van der Waals surface area contributed by atoms with Crippen LogP contribution in [0.5, 0.6) is 5.75 Å². The maximum atomic E-state index is 10.6. The SMILES string of the molecule is OCCN(CCO)Cc1cccc(-n2nc3ccccc3n2)c1O. The molecule has 0 fully saturated rings. The van der Waals surface area contributed by atoms with Crippen LogP contribution in [0, 0.1) is 0 Å². The Hall–Kier alpha value is -2.48. The van der Waals surface area contributed by atoms with E-state index in [0.717, 1.165) is 11.0 Å². The summed E-state index contributed by atoms with van der Waals surface area (Å²) < 4.78 is 0. The van der Waals surface area contributed by atoms with E-state index in [-0.39, 0.29) is 19.0 Å². The number of para-hydroxylation sites is 1. The molecular weight excluding hydrogens is 308 g/mol. The number of phenolic OH excluding ortho intramolecular Hbond substituents is 1. The number of hydrogen-bond donors (Lipinski definition) is 3. The highest BCUT2D eigenvalue weighted by Gasteiger charge is 2.14. The molecule has 0 radical (unpaired) electrons. The Balaban J connectivity index is 1.92. The van der Waals surface area contributed by atoms with Crippen LogP contribution in [0.15, 0.2) is 42.5 Å². The molecule has 0 aliphatic carbocycles. The predicted octanol–water partition coefficient (Wildman–Crippen LogP) is 0.913. The van der Waals surface area contributed by atoms with Gasteiger partial charge in [-0.05, 0) is 18.2 Å². The summed E-state index contributed by atoms with van der Waals surface area (Å²) in [7, 11) is 0. The van der Waals surface area contributed by atoms with E-state index < -0.39 is 0 Å². The van der Waals surface area contributed by atoms with Gasteiger partial charge in [0.25, 0.3) is 0 Å². The highest BCUT2D eigenvalue weighted by atomic mass is 16.3. The van der Waals surface area contributed by atoms with Crippen LogP contribution in [0.4, 0.5) is 0 Å². The molecule has 0 unspecified atom stereocenters. The molecule has 24 heavy (non-hydrogen) atoms. The van der Waals surface area contributed by atoms with Crippen molar-refractivity contribution in [2.45, 2.75) is 6.54 Å². The van der Waals surface area contributed by atoms with Gasteiger partial charge in [-0.25, -0.2) is 0 Å². The van der Waals surface area contributed by atoms with E-state index in [9.17, 15) is 5.11 Å². The minimum Gasteiger partial charge on any atom is -0.505 e. The number of hydrogen-bond acceptors (Lipinski definition) is 6. The lowest BCUT2D eigenvalue weighted by atomic mass is 10.1. The molecule has 3 aromatic rings. The molecule has 3 N–H and O–H groups in total.